The molecular formula is C14H26N2O3. The van der Waals surface area contributed by atoms with E-state index < -0.39 is 0 Å². The summed E-state index contributed by atoms with van der Waals surface area (Å²) in [4.78, 5) is 11.8. The first-order valence-corrected chi connectivity index (χ1v) is 7.54. The van der Waals surface area contributed by atoms with Crippen LogP contribution in [0.2, 0.25) is 0 Å². The fourth-order valence-corrected chi connectivity index (χ4v) is 2.82. The SMILES string of the molecule is NC[C@H]1CC[C@@H](C(=O)NCCOC2CCCCC2)O1. The summed E-state index contributed by atoms with van der Waals surface area (Å²) in [6, 6.07) is 0. The molecule has 1 aliphatic heterocycles. The normalized spacial score (nSPS) is 28.5. The van der Waals surface area contributed by atoms with Gasteiger partial charge in [0, 0.05) is 13.1 Å². The molecule has 110 valence electrons. The van der Waals surface area contributed by atoms with Gasteiger partial charge in [-0.1, -0.05) is 19.3 Å². The maximum absolute atomic E-state index is 11.8. The molecule has 2 rings (SSSR count). The van der Waals surface area contributed by atoms with Crippen molar-refractivity contribution in [3.63, 3.8) is 0 Å². The lowest BCUT2D eigenvalue weighted by atomic mass is 9.98. The van der Waals surface area contributed by atoms with E-state index in [1.807, 2.05) is 0 Å². The van der Waals surface area contributed by atoms with Gasteiger partial charge in [0.2, 0.25) is 5.91 Å². The first-order chi connectivity index (χ1) is 9.29. The molecule has 0 radical (unpaired) electrons. The van der Waals surface area contributed by atoms with Gasteiger partial charge >= 0.3 is 0 Å². The molecule has 5 nitrogen and oxygen atoms in total. The zero-order chi connectivity index (χ0) is 13.5. The zero-order valence-corrected chi connectivity index (χ0v) is 11.6. The second-order valence-corrected chi connectivity index (χ2v) is 5.48. The maximum atomic E-state index is 11.8. The summed E-state index contributed by atoms with van der Waals surface area (Å²) < 4.78 is 11.3. The molecule has 3 N–H and O–H groups in total. The average molecular weight is 270 g/mol. The lowest BCUT2D eigenvalue weighted by molar-refractivity contribution is -0.132. The second kappa shape index (κ2) is 7.82. The molecule has 19 heavy (non-hydrogen) atoms. The van der Waals surface area contributed by atoms with E-state index in [-0.39, 0.29) is 18.1 Å². The lowest BCUT2D eigenvalue weighted by Gasteiger charge is -2.22. The van der Waals surface area contributed by atoms with E-state index in [0.29, 0.717) is 25.8 Å². The minimum Gasteiger partial charge on any atom is -0.376 e. The molecule has 1 aliphatic carbocycles. The van der Waals surface area contributed by atoms with E-state index in [1.165, 1.54) is 19.3 Å². The number of carbonyl (C=O) groups is 1. The van der Waals surface area contributed by atoms with E-state index in [4.69, 9.17) is 15.2 Å². The Bertz CT molecular complexity index is 280. The summed E-state index contributed by atoms with van der Waals surface area (Å²) in [5.74, 6) is -0.0248. The summed E-state index contributed by atoms with van der Waals surface area (Å²) in [7, 11) is 0. The molecule has 5 heteroatoms. The Labute approximate surface area is 115 Å². The van der Waals surface area contributed by atoms with Crippen LogP contribution in [0.4, 0.5) is 0 Å². The smallest absolute Gasteiger partial charge is 0.249 e. The molecule has 1 saturated heterocycles. The fraction of sp³-hybridized carbons (Fsp3) is 0.929. The summed E-state index contributed by atoms with van der Waals surface area (Å²) >= 11 is 0. The molecular weight excluding hydrogens is 244 g/mol. The van der Waals surface area contributed by atoms with Gasteiger partial charge in [-0.15, -0.1) is 0 Å². The Morgan fingerprint density at radius 1 is 1.21 bits per heavy atom. The number of amides is 1. The second-order valence-electron chi connectivity index (χ2n) is 5.48. The van der Waals surface area contributed by atoms with Crippen molar-refractivity contribution in [2.24, 2.45) is 5.73 Å². The van der Waals surface area contributed by atoms with Gasteiger partial charge in [-0.3, -0.25) is 4.79 Å². The summed E-state index contributed by atoms with van der Waals surface area (Å²) in [6.07, 6.45) is 7.99. The Hall–Kier alpha value is -0.650. The summed E-state index contributed by atoms with van der Waals surface area (Å²) in [6.45, 7) is 1.67. The number of rotatable bonds is 6. The Kier molecular flexibility index (Phi) is 6.07. The van der Waals surface area contributed by atoms with Crippen molar-refractivity contribution in [3.8, 4) is 0 Å². The van der Waals surface area contributed by atoms with Crippen LogP contribution >= 0.6 is 0 Å². The van der Waals surface area contributed by atoms with Gasteiger partial charge in [0.1, 0.15) is 6.10 Å². The number of nitrogens with one attached hydrogen (secondary N) is 1. The van der Waals surface area contributed by atoms with Crippen LogP contribution in [0.3, 0.4) is 0 Å². The standard InChI is InChI=1S/C14H26N2O3/c15-10-12-6-7-13(19-12)14(17)16-8-9-18-11-4-2-1-3-5-11/h11-13H,1-10,15H2,(H,16,17)/t12-,13+/m1/s1. The van der Waals surface area contributed by atoms with Crippen molar-refractivity contribution < 1.29 is 14.3 Å². The molecule has 1 amide bonds. The van der Waals surface area contributed by atoms with Gasteiger partial charge in [-0.2, -0.15) is 0 Å². The van der Waals surface area contributed by atoms with Crippen molar-refractivity contribution in [1.29, 1.82) is 0 Å². The van der Waals surface area contributed by atoms with Gasteiger partial charge in [-0.05, 0) is 25.7 Å². The molecule has 0 spiro atoms. The molecule has 0 aromatic heterocycles. The largest absolute Gasteiger partial charge is 0.376 e. The zero-order valence-electron chi connectivity index (χ0n) is 11.6. The average Bonchev–Trinajstić information content (AvgIpc) is 2.93. The first kappa shape index (κ1) is 14.8. The third-order valence-corrected chi connectivity index (χ3v) is 3.97. The van der Waals surface area contributed by atoms with Gasteiger partial charge in [0.05, 0.1) is 18.8 Å². The van der Waals surface area contributed by atoms with Crippen molar-refractivity contribution in [2.45, 2.75) is 63.3 Å². The number of carbonyl (C=O) groups excluding carboxylic acids is 1. The number of nitrogens with two attached hydrogens (primary N) is 1. The monoisotopic (exact) mass is 270 g/mol. The maximum Gasteiger partial charge on any atom is 0.249 e. The topological polar surface area (TPSA) is 73.6 Å². The summed E-state index contributed by atoms with van der Waals surface area (Å²) in [5.41, 5.74) is 5.52. The van der Waals surface area contributed by atoms with Crippen LogP contribution in [0.1, 0.15) is 44.9 Å². The van der Waals surface area contributed by atoms with Crippen LogP contribution in [0.25, 0.3) is 0 Å². The highest BCUT2D eigenvalue weighted by Crippen LogP contribution is 2.20. The predicted molar refractivity (Wildman–Crippen MR) is 72.8 cm³/mol. The van der Waals surface area contributed by atoms with Crippen molar-refractivity contribution in [3.05, 3.63) is 0 Å². The highest BCUT2D eigenvalue weighted by molar-refractivity contribution is 5.80. The molecule has 1 saturated carbocycles. The Balaban J connectivity index is 1.54. The molecule has 0 bridgehead atoms. The summed E-state index contributed by atoms with van der Waals surface area (Å²) in [5, 5.41) is 2.88. The van der Waals surface area contributed by atoms with Crippen LogP contribution in [-0.2, 0) is 14.3 Å². The van der Waals surface area contributed by atoms with E-state index in [0.717, 1.165) is 25.7 Å². The van der Waals surface area contributed by atoms with Crippen LogP contribution in [-0.4, -0.2) is 43.9 Å². The fourth-order valence-electron chi connectivity index (χ4n) is 2.82. The van der Waals surface area contributed by atoms with Crippen molar-refractivity contribution in [1.82, 2.24) is 5.32 Å². The highest BCUT2D eigenvalue weighted by atomic mass is 16.5. The van der Waals surface area contributed by atoms with E-state index in [2.05, 4.69) is 5.32 Å². The van der Waals surface area contributed by atoms with Crippen molar-refractivity contribution in [2.75, 3.05) is 19.7 Å². The molecule has 0 unspecified atom stereocenters. The highest BCUT2D eigenvalue weighted by Gasteiger charge is 2.29. The van der Waals surface area contributed by atoms with E-state index in [1.54, 1.807) is 0 Å². The Morgan fingerprint density at radius 2 is 2.00 bits per heavy atom. The van der Waals surface area contributed by atoms with E-state index in [9.17, 15) is 4.79 Å². The number of ether oxygens (including phenoxy) is 2. The van der Waals surface area contributed by atoms with Gasteiger partial charge < -0.3 is 20.5 Å². The van der Waals surface area contributed by atoms with Gasteiger partial charge in [0.15, 0.2) is 0 Å². The number of hydrogen-bond donors (Lipinski definition) is 2. The molecule has 2 aliphatic rings. The van der Waals surface area contributed by atoms with Crippen molar-refractivity contribution >= 4 is 5.91 Å². The minimum absolute atomic E-state index is 0.0248. The predicted octanol–water partition coefficient (Wildman–Crippen LogP) is 0.958. The van der Waals surface area contributed by atoms with E-state index >= 15 is 0 Å². The molecule has 1 heterocycles. The van der Waals surface area contributed by atoms with Gasteiger partial charge in [0.25, 0.3) is 0 Å². The lowest BCUT2D eigenvalue weighted by Crippen LogP contribution is -2.37. The minimum atomic E-state index is -0.316. The third kappa shape index (κ3) is 4.75. The van der Waals surface area contributed by atoms with Crippen LogP contribution < -0.4 is 11.1 Å². The van der Waals surface area contributed by atoms with Crippen LogP contribution in [0.15, 0.2) is 0 Å². The van der Waals surface area contributed by atoms with Crippen LogP contribution in [0, 0.1) is 0 Å². The quantitative estimate of drug-likeness (QED) is 0.705. The van der Waals surface area contributed by atoms with Gasteiger partial charge in [-0.25, -0.2) is 0 Å². The Morgan fingerprint density at radius 3 is 2.68 bits per heavy atom. The molecule has 2 atom stereocenters. The molecule has 0 aromatic rings. The molecule has 0 aromatic carbocycles. The third-order valence-electron chi connectivity index (χ3n) is 3.97. The number of hydrogen-bond acceptors (Lipinski definition) is 4. The molecule has 2 fully saturated rings. The first-order valence-electron chi connectivity index (χ1n) is 7.54. The van der Waals surface area contributed by atoms with Crippen LogP contribution in [0.5, 0.6) is 0 Å².